The molecule has 2 saturated heterocycles. The average Bonchev–Trinajstić information content (AvgIpc) is 3.26. The summed E-state index contributed by atoms with van der Waals surface area (Å²) in [5.74, 6) is 1.17. The molecular formula is C21H26N2O4. The number of methoxy groups -OCH3 is 2. The van der Waals surface area contributed by atoms with E-state index < -0.39 is 0 Å². The Morgan fingerprint density at radius 1 is 1.04 bits per heavy atom. The predicted molar refractivity (Wildman–Crippen MR) is 100 cm³/mol. The molecule has 0 N–H and O–H groups in total. The van der Waals surface area contributed by atoms with E-state index in [-0.39, 0.29) is 29.7 Å². The Kier molecular flexibility index (Phi) is 4.91. The molecule has 6 nitrogen and oxygen atoms in total. The van der Waals surface area contributed by atoms with Gasteiger partial charge < -0.3 is 9.47 Å². The first kappa shape index (κ1) is 18.0. The van der Waals surface area contributed by atoms with Gasteiger partial charge in [0.1, 0.15) is 11.5 Å². The molecule has 144 valence electrons. The predicted octanol–water partition coefficient (Wildman–Crippen LogP) is 2.75. The zero-order valence-corrected chi connectivity index (χ0v) is 15.9. The second-order valence-corrected chi connectivity index (χ2v) is 7.48. The number of amides is 2. The van der Waals surface area contributed by atoms with E-state index in [1.54, 1.807) is 14.2 Å². The molecule has 4 rings (SSSR count). The van der Waals surface area contributed by atoms with Crippen molar-refractivity contribution in [2.75, 3.05) is 27.4 Å². The zero-order chi connectivity index (χ0) is 19.0. The molecule has 0 spiro atoms. The summed E-state index contributed by atoms with van der Waals surface area (Å²) in [5, 5.41) is 0. The van der Waals surface area contributed by atoms with Crippen molar-refractivity contribution in [2.45, 2.75) is 31.7 Å². The van der Waals surface area contributed by atoms with Crippen LogP contribution in [0.1, 0.15) is 37.3 Å². The van der Waals surface area contributed by atoms with Crippen molar-refractivity contribution in [3.05, 3.63) is 35.9 Å². The van der Waals surface area contributed by atoms with Crippen molar-refractivity contribution < 1.29 is 19.1 Å². The van der Waals surface area contributed by atoms with Crippen LogP contribution in [0.15, 0.2) is 30.4 Å². The fraction of sp³-hybridized carbons (Fsp3) is 0.524. The molecule has 1 aromatic carbocycles. The highest BCUT2D eigenvalue weighted by Crippen LogP contribution is 2.40. The van der Waals surface area contributed by atoms with Gasteiger partial charge in [0.25, 0.3) is 0 Å². The molecule has 2 amide bonds. The lowest BCUT2D eigenvalue weighted by Gasteiger charge is -2.29. The first-order chi connectivity index (χ1) is 13.1. The number of rotatable bonds is 5. The lowest BCUT2D eigenvalue weighted by atomic mass is 9.85. The standard InChI is InChI=1S/C21H26N2O4/c1-26-14-9-10-17(19(12-14)27-2)18-8-5-11-22(18)13-23-20(24)15-6-3-4-7-16(15)21(23)25/h3-4,9-10,12,15-16,18H,5-8,11,13H2,1-2H3/t15-,16+,18-/m0/s1. The number of carbonyl (C=O) groups excluding carboxylic acids is 2. The van der Waals surface area contributed by atoms with Crippen LogP contribution in [0.4, 0.5) is 0 Å². The zero-order valence-electron chi connectivity index (χ0n) is 15.9. The number of carbonyl (C=O) groups is 2. The molecule has 1 aliphatic carbocycles. The van der Waals surface area contributed by atoms with E-state index in [4.69, 9.17) is 9.47 Å². The van der Waals surface area contributed by atoms with Crippen molar-refractivity contribution in [2.24, 2.45) is 11.8 Å². The van der Waals surface area contributed by atoms with Gasteiger partial charge in [-0.2, -0.15) is 0 Å². The molecule has 1 aromatic rings. The molecule has 3 atom stereocenters. The Hall–Kier alpha value is -2.34. The Morgan fingerprint density at radius 2 is 1.74 bits per heavy atom. The van der Waals surface area contributed by atoms with Gasteiger partial charge in [-0.15, -0.1) is 0 Å². The van der Waals surface area contributed by atoms with Crippen molar-refractivity contribution in [3.63, 3.8) is 0 Å². The molecule has 0 bridgehead atoms. The summed E-state index contributed by atoms with van der Waals surface area (Å²) in [6.07, 6.45) is 7.42. The van der Waals surface area contributed by atoms with E-state index in [9.17, 15) is 9.59 Å². The second-order valence-electron chi connectivity index (χ2n) is 7.48. The van der Waals surface area contributed by atoms with E-state index in [0.29, 0.717) is 19.5 Å². The summed E-state index contributed by atoms with van der Waals surface area (Å²) in [7, 11) is 3.29. The first-order valence-corrected chi connectivity index (χ1v) is 9.60. The number of allylic oxidation sites excluding steroid dienone is 2. The van der Waals surface area contributed by atoms with Crippen LogP contribution in [0.5, 0.6) is 11.5 Å². The van der Waals surface area contributed by atoms with Crippen molar-refractivity contribution in [3.8, 4) is 11.5 Å². The molecule has 2 heterocycles. The number of benzene rings is 1. The molecule has 0 radical (unpaired) electrons. The quantitative estimate of drug-likeness (QED) is 0.589. The van der Waals surface area contributed by atoms with Crippen LogP contribution < -0.4 is 9.47 Å². The van der Waals surface area contributed by atoms with Crippen LogP contribution in [0.3, 0.4) is 0 Å². The molecule has 0 unspecified atom stereocenters. The number of hydrogen-bond donors (Lipinski definition) is 0. The van der Waals surface area contributed by atoms with Gasteiger partial charge in [-0.25, -0.2) is 0 Å². The third-order valence-electron chi connectivity index (χ3n) is 6.09. The first-order valence-electron chi connectivity index (χ1n) is 9.60. The lowest BCUT2D eigenvalue weighted by Crippen LogP contribution is -2.41. The number of fused-ring (bicyclic) bond motifs is 1. The highest BCUT2D eigenvalue weighted by atomic mass is 16.5. The smallest absolute Gasteiger partial charge is 0.234 e. The van der Waals surface area contributed by atoms with Gasteiger partial charge in [-0.3, -0.25) is 19.4 Å². The van der Waals surface area contributed by atoms with E-state index in [0.717, 1.165) is 36.4 Å². The average molecular weight is 370 g/mol. The summed E-state index contributed by atoms with van der Waals surface area (Å²) < 4.78 is 10.9. The maximum Gasteiger partial charge on any atom is 0.234 e. The van der Waals surface area contributed by atoms with E-state index in [2.05, 4.69) is 4.90 Å². The fourth-order valence-corrected chi connectivity index (χ4v) is 4.63. The summed E-state index contributed by atoms with van der Waals surface area (Å²) in [4.78, 5) is 29.3. The van der Waals surface area contributed by atoms with Crippen LogP contribution >= 0.6 is 0 Å². The van der Waals surface area contributed by atoms with Crippen LogP contribution in [-0.2, 0) is 9.59 Å². The van der Waals surface area contributed by atoms with Gasteiger partial charge >= 0.3 is 0 Å². The Morgan fingerprint density at radius 3 is 2.37 bits per heavy atom. The highest BCUT2D eigenvalue weighted by molar-refractivity contribution is 6.05. The van der Waals surface area contributed by atoms with E-state index in [1.165, 1.54) is 4.90 Å². The molecule has 6 heteroatoms. The van der Waals surface area contributed by atoms with Gasteiger partial charge in [-0.05, 0) is 31.7 Å². The minimum absolute atomic E-state index is 0.0123. The van der Waals surface area contributed by atoms with Crippen LogP contribution in [-0.4, -0.2) is 49.0 Å². The summed E-state index contributed by atoms with van der Waals surface area (Å²) >= 11 is 0. The SMILES string of the molecule is COc1ccc([C@@H]2CCCN2CN2C(=O)[C@H]3CC=CC[C@H]3C2=O)c(OC)c1. The monoisotopic (exact) mass is 370 g/mol. The molecule has 0 saturated carbocycles. The van der Waals surface area contributed by atoms with Crippen LogP contribution in [0.25, 0.3) is 0 Å². The molecule has 27 heavy (non-hydrogen) atoms. The summed E-state index contributed by atoms with van der Waals surface area (Å²) in [5.41, 5.74) is 1.08. The fourth-order valence-electron chi connectivity index (χ4n) is 4.63. The molecule has 2 fully saturated rings. The number of hydrogen-bond acceptors (Lipinski definition) is 5. The number of nitrogens with zero attached hydrogens (tertiary/aromatic N) is 2. The minimum atomic E-state index is -0.168. The topological polar surface area (TPSA) is 59.1 Å². The van der Waals surface area contributed by atoms with E-state index in [1.807, 2.05) is 30.4 Å². The molecule has 3 aliphatic rings. The lowest BCUT2D eigenvalue weighted by molar-refractivity contribution is -0.142. The third kappa shape index (κ3) is 3.12. The van der Waals surface area contributed by atoms with Crippen LogP contribution in [0.2, 0.25) is 0 Å². The summed E-state index contributed by atoms with van der Waals surface area (Å²) in [6.45, 7) is 1.23. The Balaban J connectivity index is 1.54. The van der Waals surface area contributed by atoms with Gasteiger partial charge in [0.2, 0.25) is 11.8 Å². The number of imide groups is 1. The Labute approximate surface area is 159 Å². The van der Waals surface area contributed by atoms with Gasteiger partial charge in [0.05, 0.1) is 32.7 Å². The molecule has 0 aromatic heterocycles. The Bertz CT molecular complexity index is 749. The largest absolute Gasteiger partial charge is 0.497 e. The maximum absolute atomic E-state index is 12.8. The normalized spacial score (nSPS) is 27.9. The number of ether oxygens (including phenoxy) is 2. The molecular weight excluding hydrogens is 344 g/mol. The highest BCUT2D eigenvalue weighted by Gasteiger charge is 2.48. The number of likely N-dealkylation sites (tertiary alicyclic amines) is 2. The van der Waals surface area contributed by atoms with Crippen molar-refractivity contribution in [1.29, 1.82) is 0 Å². The third-order valence-corrected chi connectivity index (χ3v) is 6.09. The van der Waals surface area contributed by atoms with Gasteiger partial charge in [0, 0.05) is 24.2 Å². The van der Waals surface area contributed by atoms with Crippen molar-refractivity contribution >= 4 is 11.8 Å². The minimum Gasteiger partial charge on any atom is -0.497 e. The van der Waals surface area contributed by atoms with Crippen molar-refractivity contribution in [1.82, 2.24) is 9.80 Å². The van der Waals surface area contributed by atoms with Crippen LogP contribution in [0, 0.1) is 11.8 Å². The summed E-state index contributed by atoms with van der Waals surface area (Å²) in [6, 6.07) is 5.98. The second kappa shape index (κ2) is 7.35. The van der Waals surface area contributed by atoms with E-state index >= 15 is 0 Å². The van der Waals surface area contributed by atoms with Gasteiger partial charge in [-0.1, -0.05) is 18.2 Å². The maximum atomic E-state index is 12.8. The van der Waals surface area contributed by atoms with Gasteiger partial charge in [0.15, 0.2) is 0 Å². The molecule has 2 aliphatic heterocycles.